The van der Waals surface area contributed by atoms with Crippen molar-refractivity contribution in [3.05, 3.63) is 0 Å². The van der Waals surface area contributed by atoms with E-state index in [2.05, 4.69) is 10.6 Å². The van der Waals surface area contributed by atoms with Crippen LogP contribution in [0, 0.1) is 5.92 Å². The molecule has 2 fully saturated rings. The van der Waals surface area contributed by atoms with Gasteiger partial charge in [-0.2, -0.15) is 0 Å². The van der Waals surface area contributed by atoms with Gasteiger partial charge in [0, 0.05) is 19.7 Å². The van der Waals surface area contributed by atoms with Gasteiger partial charge in [0.2, 0.25) is 5.91 Å². The summed E-state index contributed by atoms with van der Waals surface area (Å²) in [5.74, 6) is 0.411. The molecule has 4 nitrogen and oxygen atoms in total. The van der Waals surface area contributed by atoms with Crippen LogP contribution in [0.25, 0.3) is 0 Å². The van der Waals surface area contributed by atoms with E-state index >= 15 is 0 Å². The highest BCUT2D eigenvalue weighted by molar-refractivity contribution is 5.79. The van der Waals surface area contributed by atoms with Crippen LogP contribution < -0.4 is 10.6 Å². The minimum Gasteiger partial charge on any atom is -0.381 e. The molecule has 0 aromatic heterocycles. The van der Waals surface area contributed by atoms with Crippen LogP contribution in [0.5, 0.6) is 0 Å². The number of amides is 1. The van der Waals surface area contributed by atoms with E-state index in [-0.39, 0.29) is 11.8 Å². The van der Waals surface area contributed by atoms with Crippen LogP contribution in [0.15, 0.2) is 0 Å². The highest BCUT2D eigenvalue weighted by Gasteiger charge is 2.29. The summed E-state index contributed by atoms with van der Waals surface area (Å²) in [4.78, 5) is 11.8. The van der Waals surface area contributed by atoms with Crippen LogP contribution >= 0.6 is 0 Å². The Balaban J connectivity index is 1.74. The minimum absolute atomic E-state index is 0.187. The Morgan fingerprint density at radius 2 is 2.27 bits per heavy atom. The van der Waals surface area contributed by atoms with E-state index in [4.69, 9.17) is 4.74 Å². The van der Waals surface area contributed by atoms with Gasteiger partial charge in [-0.1, -0.05) is 0 Å². The van der Waals surface area contributed by atoms with E-state index in [1.54, 1.807) is 7.11 Å². The second kappa shape index (κ2) is 4.94. The van der Waals surface area contributed by atoms with Crippen LogP contribution in [-0.4, -0.2) is 38.3 Å². The average molecular weight is 212 g/mol. The lowest BCUT2D eigenvalue weighted by Crippen LogP contribution is -2.38. The topological polar surface area (TPSA) is 50.4 Å². The Morgan fingerprint density at radius 1 is 1.40 bits per heavy atom. The molecule has 0 bridgehead atoms. The highest BCUT2D eigenvalue weighted by atomic mass is 16.5. The Hall–Kier alpha value is -0.610. The first-order valence-electron chi connectivity index (χ1n) is 5.83. The van der Waals surface area contributed by atoms with Crippen LogP contribution in [0.1, 0.15) is 25.7 Å². The van der Waals surface area contributed by atoms with Gasteiger partial charge in [-0.3, -0.25) is 4.79 Å². The summed E-state index contributed by atoms with van der Waals surface area (Å²) in [6.45, 7) is 1.82. The van der Waals surface area contributed by atoms with Gasteiger partial charge in [-0.05, 0) is 32.2 Å². The van der Waals surface area contributed by atoms with Gasteiger partial charge in [0.1, 0.15) is 0 Å². The molecule has 2 aliphatic rings. The number of hydrogen-bond donors (Lipinski definition) is 2. The third kappa shape index (κ3) is 2.69. The summed E-state index contributed by atoms with van der Waals surface area (Å²) in [5, 5.41) is 6.34. The molecule has 0 radical (unpaired) electrons. The molecule has 0 spiro atoms. The molecule has 1 amide bonds. The van der Waals surface area contributed by atoms with Crippen molar-refractivity contribution in [2.75, 3.05) is 20.2 Å². The highest BCUT2D eigenvalue weighted by Crippen LogP contribution is 2.22. The summed E-state index contributed by atoms with van der Waals surface area (Å²) in [6.07, 6.45) is 4.43. The molecule has 1 heterocycles. The SMILES string of the molecule is COC1CCC(NC(=O)C2CCNC2)C1. The van der Waals surface area contributed by atoms with Crippen molar-refractivity contribution >= 4 is 5.91 Å². The standard InChI is InChI=1S/C11H20N2O2/c1-15-10-3-2-9(6-10)13-11(14)8-4-5-12-7-8/h8-10,12H,2-7H2,1H3,(H,13,14). The predicted octanol–water partition coefficient (Wildman–Crippen LogP) is 0.280. The normalized spacial score (nSPS) is 35.7. The maximum Gasteiger partial charge on any atom is 0.224 e. The van der Waals surface area contributed by atoms with Gasteiger partial charge < -0.3 is 15.4 Å². The maximum absolute atomic E-state index is 11.8. The van der Waals surface area contributed by atoms with Crippen LogP contribution in [0.4, 0.5) is 0 Å². The zero-order valence-electron chi connectivity index (χ0n) is 9.29. The number of nitrogens with one attached hydrogen (secondary N) is 2. The largest absolute Gasteiger partial charge is 0.381 e. The van der Waals surface area contributed by atoms with Crippen molar-refractivity contribution in [2.45, 2.75) is 37.8 Å². The number of ether oxygens (including phenoxy) is 1. The van der Waals surface area contributed by atoms with E-state index in [1.165, 1.54) is 0 Å². The Kier molecular flexibility index (Phi) is 3.59. The van der Waals surface area contributed by atoms with Gasteiger partial charge in [-0.25, -0.2) is 0 Å². The number of hydrogen-bond acceptors (Lipinski definition) is 3. The lowest BCUT2D eigenvalue weighted by atomic mass is 10.1. The smallest absolute Gasteiger partial charge is 0.224 e. The van der Waals surface area contributed by atoms with E-state index in [0.29, 0.717) is 12.1 Å². The Labute approximate surface area is 90.8 Å². The fourth-order valence-electron chi connectivity index (χ4n) is 2.48. The first-order chi connectivity index (χ1) is 7.29. The van der Waals surface area contributed by atoms with Gasteiger partial charge in [0.15, 0.2) is 0 Å². The summed E-state index contributed by atoms with van der Waals surface area (Å²) >= 11 is 0. The van der Waals surface area contributed by atoms with Crippen molar-refractivity contribution in [1.82, 2.24) is 10.6 Å². The molecule has 1 aliphatic carbocycles. The Bertz CT molecular complexity index is 227. The number of methoxy groups -OCH3 is 1. The van der Waals surface area contributed by atoms with Crippen molar-refractivity contribution in [3.63, 3.8) is 0 Å². The quantitative estimate of drug-likeness (QED) is 0.706. The molecule has 2 N–H and O–H groups in total. The monoisotopic (exact) mass is 212 g/mol. The first-order valence-corrected chi connectivity index (χ1v) is 5.83. The molecular weight excluding hydrogens is 192 g/mol. The van der Waals surface area contributed by atoms with E-state index in [9.17, 15) is 4.79 Å². The van der Waals surface area contributed by atoms with Gasteiger partial charge in [0.05, 0.1) is 12.0 Å². The van der Waals surface area contributed by atoms with Crippen molar-refractivity contribution < 1.29 is 9.53 Å². The third-order valence-corrected chi connectivity index (χ3v) is 3.50. The van der Waals surface area contributed by atoms with Crippen molar-refractivity contribution in [2.24, 2.45) is 5.92 Å². The maximum atomic E-state index is 11.8. The van der Waals surface area contributed by atoms with Crippen molar-refractivity contribution in [1.29, 1.82) is 0 Å². The summed E-state index contributed by atoms with van der Waals surface area (Å²) in [5.41, 5.74) is 0. The Morgan fingerprint density at radius 3 is 2.87 bits per heavy atom. The first kappa shape index (κ1) is 10.9. The molecule has 2 rings (SSSR count). The van der Waals surface area contributed by atoms with Crippen LogP contribution in [-0.2, 0) is 9.53 Å². The molecule has 86 valence electrons. The molecule has 1 aliphatic heterocycles. The van der Waals surface area contributed by atoms with Gasteiger partial charge >= 0.3 is 0 Å². The number of rotatable bonds is 3. The van der Waals surface area contributed by atoms with E-state index < -0.39 is 0 Å². The number of carbonyl (C=O) groups is 1. The molecule has 3 atom stereocenters. The molecule has 3 unspecified atom stereocenters. The van der Waals surface area contributed by atoms with E-state index in [1.807, 2.05) is 0 Å². The molecule has 1 saturated carbocycles. The minimum atomic E-state index is 0.187. The fourth-order valence-corrected chi connectivity index (χ4v) is 2.48. The molecule has 15 heavy (non-hydrogen) atoms. The zero-order valence-corrected chi connectivity index (χ0v) is 9.29. The van der Waals surface area contributed by atoms with Crippen LogP contribution in [0.3, 0.4) is 0 Å². The summed E-state index contributed by atoms with van der Waals surface area (Å²) in [6, 6.07) is 0.336. The molecular formula is C11H20N2O2. The lowest BCUT2D eigenvalue weighted by molar-refractivity contribution is -0.125. The molecule has 4 heteroatoms. The average Bonchev–Trinajstić information content (AvgIpc) is 2.87. The third-order valence-electron chi connectivity index (χ3n) is 3.50. The summed E-state index contributed by atoms with van der Waals surface area (Å²) in [7, 11) is 1.75. The van der Waals surface area contributed by atoms with Gasteiger partial charge in [-0.15, -0.1) is 0 Å². The summed E-state index contributed by atoms with van der Waals surface area (Å²) < 4.78 is 5.28. The zero-order chi connectivity index (χ0) is 10.7. The van der Waals surface area contributed by atoms with Crippen molar-refractivity contribution in [3.8, 4) is 0 Å². The lowest BCUT2D eigenvalue weighted by Gasteiger charge is -2.15. The molecule has 0 aromatic rings. The number of carbonyl (C=O) groups excluding carboxylic acids is 1. The second-order valence-corrected chi connectivity index (χ2v) is 4.57. The fraction of sp³-hybridized carbons (Fsp3) is 0.909. The predicted molar refractivity (Wildman–Crippen MR) is 57.6 cm³/mol. The second-order valence-electron chi connectivity index (χ2n) is 4.57. The molecule has 1 saturated heterocycles. The van der Waals surface area contributed by atoms with Gasteiger partial charge in [0.25, 0.3) is 0 Å². The van der Waals surface area contributed by atoms with Crippen LogP contribution in [0.2, 0.25) is 0 Å². The molecule has 0 aromatic carbocycles. The van der Waals surface area contributed by atoms with E-state index in [0.717, 1.165) is 38.8 Å².